The summed E-state index contributed by atoms with van der Waals surface area (Å²) in [7, 11) is 0. The lowest BCUT2D eigenvalue weighted by Crippen LogP contribution is -2.60. The molecule has 1 N–H and O–H groups in total. The van der Waals surface area contributed by atoms with E-state index in [0.717, 1.165) is 31.5 Å². The van der Waals surface area contributed by atoms with Crippen LogP contribution in [0.3, 0.4) is 0 Å². The van der Waals surface area contributed by atoms with E-state index in [2.05, 4.69) is 44.8 Å². The summed E-state index contributed by atoms with van der Waals surface area (Å²) in [6.07, 6.45) is 4.46. The topological polar surface area (TPSA) is 24.5 Å². The summed E-state index contributed by atoms with van der Waals surface area (Å²) < 4.78 is 5.82. The summed E-state index contributed by atoms with van der Waals surface area (Å²) in [5.74, 6) is 1.70. The Kier molecular flexibility index (Phi) is 5.88. The predicted molar refractivity (Wildman–Crippen MR) is 85.0 cm³/mol. The van der Waals surface area contributed by atoms with Gasteiger partial charge < -0.3 is 10.1 Å². The highest BCUT2D eigenvalue weighted by atomic mass is 16.5. The summed E-state index contributed by atoms with van der Waals surface area (Å²) in [6.45, 7) is 14.6. The largest absolute Gasteiger partial charge is 0.376 e. The van der Waals surface area contributed by atoms with Crippen molar-refractivity contribution < 1.29 is 4.74 Å². The third-order valence-electron chi connectivity index (χ3n) is 5.35. The minimum absolute atomic E-state index is 0.382. The lowest BCUT2D eigenvalue weighted by Gasteiger charge is -2.49. The predicted octanol–water partition coefficient (Wildman–Crippen LogP) is 2.90. The van der Waals surface area contributed by atoms with Gasteiger partial charge in [-0.1, -0.05) is 20.8 Å². The second kappa shape index (κ2) is 7.24. The molecule has 1 aliphatic heterocycles. The summed E-state index contributed by atoms with van der Waals surface area (Å²) in [4.78, 5) is 2.73. The SMILES string of the molecule is CCNC1CCC(C(C)C)CC1N1CC(C)OCC1C. The Balaban J connectivity index is 2.09. The van der Waals surface area contributed by atoms with E-state index in [1.54, 1.807) is 0 Å². The molecule has 2 fully saturated rings. The maximum absolute atomic E-state index is 5.82. The first-order valence-corrected chi connectivity index (χ1v) is 8.63. The zero-order chi connectivity index (χ0) is 14.7. The van der Waals surface area contributed by atoms with E-state index in [-0.39, 0.29) is 0 Å². The summed E-state index contributed by atoms with van der Waals surface area (Å²) in [5, 5.41) is 3.74. The summed E-state index contributed by atoms with van der Waals surface area (Å²) >= 11 is 0. The molecule has 0 aromatic heterocycles. The monoisotopic (exact) mass is 282 g/mol. The first kappa shape index (κ1) is 16.3. The molecule has 1 aliphatic carbocycles. The molecule has 0 aromatic rings. The normalized spacial score (nSPS) is 40.2. The fourth-order valence-electron chi connectivity index (χ4n) is 4.04. The molecule has 3 nitrogen and oxygen atoms in total. The van der Waals surface area contributed by atoms with Crippen LogP contribution in [-0.4, -0.2) is 48.8 Å². The minimum Gasteiger partial charge on any atom is -0.376 e. The fourth-order valence-corrected chi connectivity index (χ4v) is 4.04. The number of morpholine rings is 1. The van der Waals surface area contributed by atoms with E-state index in [9.17, 15) is 0 Å². The van der Waals surface area contributed by atoms with Gasteiger partial charge in [0, 0.05) is 24.7 Å². The van der Waals surface area contributed by atoms with Crippen molar-refractivity contribution in [1.82, 2.24) is 10.2 Å². The molecule has 0 aromatic carbocycles. The molecule has 3 heteroatoms. The van der Waals surface area contributed by atoms with Crippen molar-refractivity contribution in [2.24, 2.45) is 11.8 Å². The maximum atomic E-state index is 5.82. The maximum Gasteiger partial charge on any atom is 0.0674 e. The van der Waals surface area contributed by atoms with E-state index >= 15 is 0 Å². The van der Waals surface area contributed by atoms with Crippen LogP contribution in [0, 0.1) is 11.8 Å². The van der Waals surface area contributed by atoms with Crippen molar-refractivity contribution in [3.8, 4) is 0 Å². The molecule has 0 amide bonds. The van der Waals surface area contributed by atoms with Crippen molar-refractivity contribution in [2.45, 2.75) is 78.1 Å². The van der Waals surface area contributed by atoms with Crippen molar-refractivity contribution in [3.63, 3.8) is 0 Å². The van der Waals surface area contributed by atoms with Crippen molar-refractivity contribution in [3.05, 3.63) is 0 Å². The van der Waals surface area contributed by atoms with Gasteiger partial charge in [0.25, 0.3) is 0 Å². The Hall–Kier alpha value is -0.120. The number of nitrogens with one attached hydrogen (secondary N) is 1. The smallest absolute Gasteiger partial charge is 0.0674 e. The number of nitrogens with zero attached hydrogens (tertiary/aromatic N) is 1. The first-order valence-electron chi connectivity index (χ1n) is 8.63. The number of hydrogen-bond acceptors (Lipinski definition) is 3. The zero-order valence-electron chi connectivity index (χ0n) is 14.1. The molecule has 20 heavy (non-hydrogen) atoms. The van der Waals surface area contributed by atoms with Gasteiger partial charge in [-0.15, -0.1) is 0 Å². The van der Waals surface area contributed by atoms with Crippen LogP contribution in [0.15, 0.2) is 0 Å². The van der Waals surface area contributed by atoms with Crippen LogP contribution in [0.4, 0.5) is 0 Å². The second-order valence-corrected chi connectivity index (χ2v) is 7.24. The molecule has 0 bridgehead atoms. The van der Waals surface area contributed by atoms with E-state index in [1.165, 1.54) is 19.3 Å². The first-order chi connectivity index (χ1) is 9.52. The fraction of sp³-hybridized carbons (Fsp3) is 1.00. The van der Waals surface area contributed by atoms with E-state index < -0.39 is 0 Å². The Morgan fingerprint density at radius 3 is 2.65 bits per heavy atom. The van der Waals surface area contributed by atoms with Gasteiger partial charge in [0.1, 0.15) is 0 Å². The van der Waals surface area contributed by atoms with E-state index in [0.29, 0.717) is 24.2 Å². The zero-order valence-corrected chi connectivity index (χ0v) is 14.1. The van der Waals surface area contributed by atoms with Crippen LogP contribution < -0.4 is 5.32 Å². The third-order valence-corrected chi connectivity index (χ3v) is 5.35. The molecule has 1 saturated carbocycles. The molecule has 1 saturated heterocycles. The highest BCUT2D eigenvalue weighted by Crippen LogP contribution is 2.34. The van der Waals surface area contributed by atoms with Gasteiger partial charge in [0.05, 0.1) is 12.7 Å². The Morgan fingerprint density at radius 2 is 2.00 bits per heavy atom. The molecular formula is C17H34N2O. The van der Waals surface area contributed by atoms with Crippen LogP contribution in [0.25, 0.3) is 0 Å². The minimum atomic E-state index is 0.382. The number of ether oxygens (including phenoxy) is 1. The van der Waals surface area contributed by atoms with Crippen molar-refractivity contribution in [2.75, 3.05) is 19.7 Å². The Bertz CT molecular complexity index is 295. The lowest BCUT2D eigenvalue weighted by atomic mass is 9.76. The van der Waals surface area contributed by atoms with Crippen molar-refractivity contribution in [1.29, 1.82) is 0 Å². The molecule has 2 rings (SSSR count). The molecule has 0 spiro atoms. The van der Waals surface area contributed by atoms with E-state index in [4.69, 9.17) is 4.74 Å². The Labute approximate surface area is 125 Å². The van der Waals surface area contributed by atoms with Gasteiger partial charge in [0.15, 0.2) is 0 Å². The molecular weight excluding hydrogens is 248 g/mol. The van der Waals surface area contributed by atoms with Gasteiger partial charge in [-0.05, 0) is 51.5 Å². The molecule has 0 radical (unpaired) electrons. The standard InChI is InChI=1S/C17H34N2O/c1-6-18-16-8-7-15(12(2)3)9-17(16)19-10-14(5)20-11-13(19)4/h12-18H,6-11H2,1-5H3. The van der Waals surface area contributed by atoms with Crippen LogP contribution >= 0.6 is 0 Å². The van der Waals surface area contributed by atoms with Gasteiger partial charge in [-0.25, -0.2) is 0 Å². The summed E-state index contributed by atoms with van der Waals surface area (Å²) in [6, 6.07) is 1.92. The third kappa shape index (κ3) is 3.75. The lowest BCUT2D eigenvalue weighted by molar-refractivity contribution is -0.0812. The summed E-state index contributed by atoms with van der Waals surface area (Å²) in [5.41, 5.74) is 0. The number of rotatable bonds is 4. The second-order valence-electron chi connectivity index (χ2n) is 7.24. The van der Waals surface area contributed by atoms with Gasteiger partial charge in [-0.3, -0.25) is 4.90 Å². The quantitative estimate of drug-likeness (QED) is 0.858. The average Bonchev–Trinajstić information content (AvgIpc) is 2.42. The molecule has 118 valence electrons. The van der Waals surface area contributed by atoms with Crippen LogP contribution in [0.5, 0.6) is 0 Å². The van der Waals surface area contributed by atoms with Crippen LogP contribution in [0.2, 0.25) is 0 Å². The highest BCUT2D eigenvalue weighted by Gasteiger charge is 2.38. The van der Waals surface area contributed by atoms with Crippen LogP contribution in [0.1, 0.15) is 53.9 Å². The van der Waals surface area contributed by atoms with Gasteiger partial charge in [-0.2, -0.15) is 0 Å². The van der Waals surface area contributed by atoms with Gasteiger partial charge >= 0.3 is 0 Å². The number of hydrogen-bond donors (Lipinski definition) is 1. The molecule has 1 heterocycles. The van der Waals surface area contributed by atoms with Gasteiger partial charge in [0.2, 0.25) is 0 Å². The van der Waals surface area contributed by atoms with Crippen molar-refractivity contribution >= 4 is 0 Å². The molecule has 2 aliphatic rings. The average molecular weight is 282 g/mol. The van der Waals surface area contributed by atoms with E-state index in [1.807, 2.05) is 0 Å². The Morgan fingerprint density at radius 1 is 1.25 bits per heavy atom. The van der Waals surface area contributed by atoms with Crippen LogP contribution in [-0.2, 0) is 4.74 Å². The molecule has 5 atom stereocenters. The number of likely N-dealkylation sites (N-methyl/N-ethyl adjacent to an activating group) is 1. The molecule has 5 unspecified atom stereocenters. The highest BCUT2D eigenvalue weighted by molar-refractivity contribution is 4.95.